The van der Waals surface area contributed by atoms with E-state index in [1.807, 2.05) is 0 Å². The maximum absolute atomic E-state index is 12.2. The van der Waals surface area contributed by atoms with Crippen LogP contribution in [0.4, 0.5) is 5.69 Å². The van der Waals surface area contributed by atoms with Gasteiger partial charge in [0.25, 0.3) is 10.0 Å². The third-order valence-corrected chi connectivity index (χ3v) is 4.12. The van der Waals surface area contributed by atoms with Gasteiger partial charge in [-0.3, -0.25) is 9.71 Å². The first-order chi connectivity index (χ1) is 10.0. The molecule has 2 N–H and O–H groups in total. The summed E-state index contributed by atoms with van der Waals surface area (Å²) < 4.78 is 32.3. The first-order valence-electron chi connectivity index (χ1n) is 6.77. The van der Waals surface area contributed by atoms with Gasteiger partial charge in [-0.25, -0.2) is 0 Å². The molecule has 6 nitrogen and oxygen atoms in total. The molecule has 0 fully saturated rings. The lowest BCUT2D eigenvalue weighted by Crippen LogP contribution is -2.14. The predicted octanol–water partition coefficient (Wildman–Crippen LogP) is 2.28. The van der Waals surface area contributed by atoms with E-state index in [1.54, 1.807) is 31.3 Å². The van der Waals surface area contributed by atoms with Crippen LogP contribution < -0.4 is 10.0 Å². The molecule has 2 aromatic rings. The maximum Gasteiger partial charge on any atom is 0.295 e. The zero-order valence-electron chi connectivity index (χ0n) is 12.1. The summed E-state index contributed by atoms with van der Waals surface area (Å²) in [4.78, 5) is 4.04. The van der Waals surface area contributed by atoms with Crippen molar-refractivity contribution in [2.45, 2.75) is 31.9 Å². The van der Waals surface area contributed by atoms with Crippen LogP contribution in [0.25, 0.3) is 0 Å². The van der Waals surface area contributed by atoms with E-state index in [0.29, 0.717) is 23.7 Å². The molecule has 0 aliphatic carbocycles. The van der Waals surface area contributed by atoms with Gasteiger partial charge in [0.15, 0.2) is 0 Å². The van der Waals surface area contributed by atoms with Crippen LogP contribution in [0.5, 0.6) is 0 Å². The molecule has 0 aliphatic heterocycles. The number of nitrogens with one attached hydrogen (secondary N) is 2. The second-order valence-corrected chi connectivity index (χ2v) is 6.25. The Bertz CT molecular complexity index is 695. The molecule has 7 heteroatoms. The minimum atomic E-state index is -3.73. The highest BCUT2D eigenvalue weighted by Crippen LogP contribution is 2.19. The summed E-state index contributed by atoms with van der Waals surface area (Å²) in [6, 6.07) is 6.45. The molecule has 0 aliphatic rings. The molecule has 0 saturated heterocycles. The van der Waals surface area contributed by atoms with Gasteiger partial charge < -0.3 is 9.73 Å². The number of aryl methyl sites for hydroxylation is 1. The van der Waals surface area contributed by atoms with Crippen LogP contribution in [0, 0.1) is 6.92 Å². The first kappa shape index (κ1) is 15.5. The molecule has 0 unspecified atom stereocenters. The summed E-state index contributed by atoms with van der Waals surface area (Å²) >= 11 is 0. The summed E-state index contributed by atoms with van der Waals surface area (Å²) in [5.41, 5.74) is 1.05. The van der Waals surface area contributed by atoms with Crippen LogP contribution in [0.15, 0.2) is 40.0 Å². The molecule has 0 spiro atoms. The Kier molecular flexibility index (Phi) is 4.98. The lowest BCUT2D eigenvalue weighted by molar-refractivity contribution is 0.403. The van der Waals surface area contributed by atoms with Gasteiger partial charge in [-0.2, -0.15) is 8.42 Å². The number of pyridine rings is 1. The quantitative estimate of drug-likeness (QED) is 0.767. The monoisotopic (exact) mass is 309 g/mol. The number of rotatable bonds is 7. The smallest absolute Gasteiger partial charge is 0.295 e. The number of nitrogens with zero attached hydrogens (tertiary/aromatic N) is 1. The number of aromatic nitrogens is 1. The fraction of sp³-hybridized carbons (Fsp3) is 0.357. The average molecular weight is 309 g/mol. The summed E-state index contributed by atoms with van der Waals surface area (Å²) in [5.74, 6) is 0.590. The lowest BCUT2D eigenvalue weighted by atomic mass is 10.3. The van der Waals surface area contributed by atoms with Gasteiger partial charge in [0, 0.05) is 6.20 Å². The van der Waals surface area contributed by atoms with E-state index >= 15 is 0 Å². The van der Waals surface area contributed by atoms with Crippen molar-refractivity contribution in [2.24, 2.45) is 0 Å². The third kappa shape index (κ3) is 4.05. The van der Waals surface area contributed by atoms with Crippen molar-refractivity contribution in [1.82, 2.24) is 10.3 Å². The molecule has 2 rings (SSSR count). The fourth-order valence-corrected chi connectivity index (χ4v) is 2.84. The molecule has 0 radical (unpaired) electrons. The van der Waals surface area contributed by atoms with Crippen molar-refractivity contribution < 1.29 is 12.8 Å². The van der Waals surface area contributed by atoms with Gasteiger partial charge in [-0.15, -0.1) is 0 Å². The van der Waals surface area contributed by atoms with Crippen molar-refractivity contribution in [1.29, 1.82) is 0 Å². The molecule has 2 aromatic heterocycles. The van der Waals surface area contributed by atoms with E-state index in [2.05, 4.69) is 21.9 Å². The van der Waals surface area contributed by atoms with E-state index in [0.717, 1.165) is 13.0 Å². The number of sulfonamides is 1. The Morgan fingerprint density at radius 3 is 2.81 bits per heavy atom. The molecular formula is C14H19N3O3S. The molecule has 21 heavy (non-hydrogen) atoms. The van der Waals surface area contributed by atoms with Crippen molar-refractivity contribution in [3.63, 3.8) is 0 Å². The highest BCUT2D eigenvalue weighted by molar-refractivity contribution is 7.92. The Labute approximate surface area is 124 Å². The van der Waals surface area contributed by atoms with Crippen LogP contribution in [0.1, 0.15) is 24.8 Å². The summed E-state index contributed by atoms with van der Waals surface area (Å²) in [5, 5.41) is 3.06. The molecule has 0 atom stereocenters. The van der Waals surface area contributed by atoms with Crippen molar-refractivity contribution in [3.05, 3.63) is 41.9 Å². The van der Waals surface area contributed by atoms with E-state index < -0.39 is 10.0 Å². The van der Waals surface area contributed by atoms with Gasteiger partial charge in [-0.1, -0.05) is 6.92 Å². The molecule has 0 saturated carbocycles. The van der Waals surface area contributed by atoms with Crippen molar-refractivity contribution >= 4 is 15.7 Å². The fourth-order valence-electron chi connectivity index (χ4n) is 1.77. The number of hydrogen-bond donors (Lipinski definition) is 2. The van der Waals surface area contributed by atoms with Gasteiger partial charge in [0.2, 0.25) is 5.09 Å². The standard InChI is InChI=1S/C14H19N3O3S/c1-3-8-15-10-12-6-7-14(20-12)21(18,19)17-13-5-4-9-16-11(13)2/h4-7,9,15,17H,3,8,10H2,1-2H3. The summed E-state index contributed by atoms with van der Waals surface area (Å²) in [7, 11) is -3.73. The number of furan rings is 1. The normalized spacial score (nSPS) is 11.5. The van der Waals surface area contributed by atoms with E-state index in [4.69, 9.17) is 4.42 Å². The first-order valence-corrected chi connectivity index (χ1v) is 8.25. The zero-order valence-corrected chi connectivity index (χ0v) is 12.9. The Morgan fingerprint density at radius 2 is 2.10 bits per heavy atom. The van der Waals surface area contributed by atoms with Gasteiger partial charge in [-0.05, 0) is 44.2 Å². The maximum atomic E-state index is 12.2. The van der Waals surface area contributed by atoms with Crippen LogP contribution >= 0.6 is 0 Å². The topological polar surface area (TPSA) is 84.2 Å². The Hall–Kier alpha value is -1.86. The molecule has 0 bridgehead atoms. The highest BCUT2D eigenvalue weighted by atomic mass is 32.2. The molecule has 2 heterocycles. The lowest BCUT2D eigenvalue weighted by Gasteiger charge is -2.07. The molecular weight excluding hydrogens is 290 g/mol. The van der Waals surface area contributed by atoms with Crippen LogP contribution in [0.2, 0.25) is 0 Å². The average Bonchev–Trinajstić information content (AvgIpc) is 2.91. The van der Waals surface area contributed by atoms with Gasteiger partial charge in [0.05, 0.1) is 17.9 Å². The Morgan fingerprint density at radius 1 is 1.29 bits per heavy atom. The molecule has 114 valence electrons. The second kappa shape index (κ2) is 6.73. The number of anilines is 1. The SMILES string of the molecule is CCCNCc1ccc(S(=O)(=O)Nc2cccnc2C)o1. The van der Waals surface area contributed by atoms with E-state index in [9.17, 15) is 8.42 Å². The minimum absolute atomic E-state index is 0.0981. The van der Waals surface area contributed by atoms with E-state index in [1.165, 1.54) is 6.07 Å². The third-order valence-electron chi connectivity index (χ3n) is 2.88. The van der Waals surface area contributed by atoms with Crippen molar-refractivity contribution in [3.8, 4) is 0 Å². The molecule has 0 aromatic carbocycles. The van der Waals surface area contributed by atoms with Crippen LogP contribution in [-0.2, 0) is 16.6 Å². The van der Waals surface area contributed by atoms with Gasteiger partial charge >= 0.3 is 0 Å². The zero-order chi connectivity index (χ0) is 15.3. The molecule has 0 amide bonds. The van der Waals surface area contributed by atoms with Crippen LogP contribution in [0.3, 0.4) is 0 Å². The predicted molar refractivity (Wildman–Crippen MR) is 80.5 cm³/mol. The van der Waals surface area contributed by atoms with Crippen LogP contribution in [-0.4, -0.2) is 19.9 Å². The largest absolute Gasteiger partial charge is 0.446 e. The summed E-state index contributed by atoms with van der Waals surface area (Å²) in [6.45, 7) is 5.16. The van der Waals surface area contributed by atoms with Crippen molar-refractivity contribution in [2.75, 3.05) is 11.3 Å². The Balaban J connectivity index is 2.11. The summed E-state index contributed by atoms with van der Waals surface area (Å²) in [6.07, 6.45) is 2.62. The number of hydrogen-bond acceptors (Lipinski definition) is 5. The second-order valence-electron chi connectivity index (χ2n) is 4.64. The van der Waals surface area contributed by atoms with Gasteiger partial charge in [0.1, 0.15) is 5.76 Å². The minimum Gasteiger partial charge on any atom is -0.446 e. The highest BCUT2D eigenvalue weighted by Gasteiger charge is 2.19. The van der Waals surface area contributed by atoms with E-state index in [-0.39, 0.29) is 5.09 Å².